The second kappa shape index (κ2) is 8.10. The van der Waals surface area contributed by atoms with Gasteiger partial charge in [-0.3, -0.25) is 4.68 Å². The van der Waals surface area contributed by atoms with Gasteiger partial charge in [0.2, 0.25) is 5.89 Å². The molecule has 0 saturated carbocycles. The van der Waals surface area contributed by atoms with Crippen LogP contribution < -0.4 is 5.32 Å². The second-order valence-electron chi connectivity index (χ2n) is 8.88. The first-order valence-electron chi connectivity index (χ1n) is 9.93. The van der Waals surface area contributed by atoms with E-state index in [1.54, 1.807) is 0 Å². The van der Waals surface area contributed by atoms with E-state index in [4.69, 9.17) is 9.26 Å². The average molecular weight is 376 g/mol. The fraction of sp³-hybridized carbons (Fsp3) is 0.750. The van der Waals surface area contributed by atoms with E-state index in [1.165, 1.54) is 5.56 Å². The number of hydrogen-bond acceptors (Lipinski definition) is 6. The van der Waals surface area contributed by atoms with Crippen LogP contribution in [-0.4, -0.2) is 33.1 Å². The van der Waals surface area contributed by atoms with Gasteiger partial charge in [-0.1, -0.05) is 39.8 Å². The molecule has 0 unspecified atom stereocenters. The third-order valence-electron chi connectivity index (χ3n) is 5.10. The number of hydrogen-bond donors (Lipinski definition) is 1. The summed E-state index contributed by atoms with van der Waals surface area (Å²) >= 11 is 0. The Labute approximate surface area is 161 Å². The monoisotopic (exact) mass is 375 g/mol. The molecule has 7 nitrogen and oxygen atoms in total. The largest absolute Gasteiger partial charge is 0.381 e. The van der Waals surface area contributed by atoms with Gasteiger partial charge >= 0.3 is 0 Å². The number of nitrogens with zero attached hydrogens (tertiary/aromatic N) is 4. The van der Waals surface area contributed by atoms with Gasteiger partial charge in [-0.25, -0.2) is 0 Å². The summed E-state index contributed by atoms with van der Waals surface area (Å²) in [6.07, 6.45) is 4.09. The quantitative estimate of drug-likeness (QED) is 0.833. The molecule has 150 valence electrons. The summed E-state index contributed by atoms with van der Waals surface area (Å²) in [5.74, 6) is 2.13. The molecule has 1 N–H and O–H groups in total. The molecule has 2 aromatic rings. The maximum Gasteiger partial charge on any atom is 0.244 e. The van der Waals surface area contributed by atoms with E-state index in [1.807, 2.05) is 11.7 Å². The summed E-state index contributed by atoms with van der Waals surface area (Å²) in [6, 6.07) is 0.0296. The minimum Gasteiger partial charge on any atom is -0.381 e. The number of nitrogens with one attached hydrogen (secondary N) is 1. The highest BCUT2D eigenvalue weighted by molar-refractivity contribution is 5.24. The average Bonchev–Trinajstić information content (AvgIpc) is 3.23. The fourth-order valence-electron chi connectivity index (χ4n) is 3.63. The second-order valence-corrected chi connectivity index (χ2v) is 8.88. The van der Waals surface area contributed by atoms with Crippen LogP contribution in [0.1, 0.15) is 82.4 Å². The van der Waals surface area contributed by atoms with Gasteiger partial charge in [0.05, 0.1) is 11.7 Å². The number of ether oxygens (including phenoxy) is 1. The first-order valence-corrected chi connectivity index (χ1v) is 9.93. The molecular formula is C20H33N5O2. The molecule has 1 saturated heterocycles. The molecule has 0 aliphatic carbocycles. The van der Waals surface area contributed by atoms with Gasteiger partial charge in [-0.2, -0.15) is 10.1 Å². The van der Waals surface area contributed by atoms with Gasteiger partial charge < -0.3 is 14.6 Å². The highest BCUT2D eigenvalue weighted by Gasteiger charge is 2.31. The van der Waals surface area contributed by atoms with Crippen molar-refractivity contribution in [3.05, 3.63) is 29.2 Å². The zero-order valence-corrected chi connectivity index (χ0v) is 17.5. The zero-order valence-electron chi connectivity index (χ0n) is 17.5. The van der Waals surface area contributed by atoms with Crippen LogP contribution in [0.3, 0.4) is 0 Å². The van der Waals surface area contributed by atoms with E-state index < -0.39 is 0 Å². The smallest absolute Gasteiger partial charge is 0.244 e. The van der Waals surface area contributed by atoms with Crippen molar-refractivity contribution in [2.24, 2.45) is 13.0 Å². The van der Waals surface area contributed by atoms with E-state index in [9.17, 15) is 0 Å². The van der Waals surface area contributed by atoms with E-state index in [2.05, 4.69) is 61.4 Å². The molecule has 0 amide bonds. The number of rotatable bonds is 6. The van der Waals surface area contributed by atoms with Gasteiger partial charge in [0.1, 0.15) is 0 Å². The van der Waals surface area contributed by atoms with Crippen molar-refractivity contribution >= 4 is 0 Å². The van der Waals surface area contributed by atoms with Crippen LogP contribution in [0.25, 0.3) is 0 Å². The first kappa shape index (κ1) is 20.0. The van der Waals surface area contributed by atoms with E-state index in [0.29, 0.717) is 11.8 Å². The minimum absolute atomic E-state index is 0.00173. The van der Waals surface area contributed by atoms with Crippen molar-refractivity contribution in [2.75, 3.05) is 13.2 Å². The van der Waals surface area contributed by atoms with Crippen molar-refractivity contribution in [2.45, 2.75) is 71.4 Å². The molecule has 0 bridgehead atoms. The molecule has 27 heavy (non-hydrogen) atoms. The third kappa shape index (κ3) is 4.76. The summed E-state index contributed by atoms with van der Waals surface area (Å²) in [4.78, 5) is 4.67. The van der Waals surface area contributed by atoms with Crippen molar-refractivity contribution < 1.29 is 9.26 Å². The highest BCUT2D eigenvalue weighted by Crippen LogP contribution is 2.31. The first-order chi connectivity index (χ1) is 12.8. The van der Waals surface area contributed by atoms with Crippen LogP contribution in [0, 0.1) is 5.92 Å². The molecule has 7 heteroatoms. The molecule has 0 aromatic carbocycles. The molecule has 2 aromatic heterocycles. The molecule has 3 heterocycles. The normalized spacial score (nSPS) is 17.6. The molecule has 0 spiro atoms. The molecule has 1 atom stereocenters. The van der Waals surface area contributed by atoms with Crippen LogP contribution in [0.2, 0.25) is 0 Å². The summed E-state index contributed by atoms with van der Waals surface area (Å²) in [5.41, 5.74) is 2.34. The van der Waals surface area contributed by atoms with Gasteiger partial charge in [-0.15, -0.1) is 0 Å². The Bertz CT molecular complexity index is 738. The van der Waals surface area contributed by atoms with Crippen molar-refractivity contribution in [1.82, 2.24) is 25.2 Å². The number of aromatic nitrogens is 4. The van der Waals surface area contributed by atoms with Crippen molar-refractivity contribution in [1.29, 1.82) is 0 Å². The molecule has 0 radical (unpaired) electrons. The van der Waals surface area contributed by atoms with Crippen LogP contribution >= 0.6 is 0 Å². The third-order valence-corrected chi connectivity index (χ3v) is 5.10. The Hall–Kier alpha value is -1.73. The van der Waals surface area contributed by atoms with Gasteiger partial charge in [0.25, 0.3) is 0 Å². The Balaban J connectivity index is 1.81. The molecule has 3 rings (SSSR count). The van der Waals surface area contributed by atoms with Gasteiger partial charge in [0.15, 0.2) is 5.82 Å². The molecule has 1 aliphatic heterocycles. The van der Waals surface area contributed by atoms with E-state index >= 15 is 0 Å². The lowest BCUT2D eigenvalue weighted by molar-refractivity contribution is 0.0485. The molecule has 1 fully saturated rings. The highest BCUT2D eigenvalue weighted by atomic mass is 16.5. The van der Waals surface area contributed by atoms with Crippen LogP contribution in [-0.2, 0) is 23.7 Å². The summed E-state index contributed by atoms with van der Waals surface area (Å²) < 4.78 is 13.1. The Morgan fingerprint density at radius 2 is 1.96 bits per heavy atom. The molecule has 1 aliphatic rings. The maximum atomic E-state index is 5.65. The lowest BCUT2D eigenvalue weighted by atomic mass is 9.88. The van der Waals surface area contributed by atoms with Crippen LogP contribution in [0.15, 0.2) is 10.7 Å². The van der Waals surface area contributed by atoms with Crippen molar-refractivity contribution in [3.63, 3.8) is 0 Å². The predicted molar refractivity (Wildman–Crippen MR) is 103 cm³/mol. The lowest BCUT2D eigenvalue weighted by Gasteiger charge is -2.29. The van der Waals surface area contributed by atoms with Crippen LogP contribution in [0.4, 0.5) is 0 Å². The Morgan fingerprint density at radius 3 is 2.56 bits per heavy atom. The van der Waals surface area contributed by atoms with Gasteiger partial charge in [0, 0.05) is 49.9 Å². The maximum absolute atomic E-state index is 5.65. The molecular weight excluding hydrogens is 342 g/mol. The van der Waals surface area contributed by atoms with Crippen LogP contribution in [0.5, 0.6) is 0 Å². The fourth-order valence-corrected chi connectivity index (χ4v) is 3.63. The topological polar surface area (TPSA) is 78.0 Å². The standard InChI is InChI=1S/C20H33N5O2/c1-13(2)18-22-19(27-24-18)16(14-7-9-26-10-8-14)21-11-15-12-25(6)23-17(15)20(3,4)5/h12-14,16,21H,7-11H2,1-6H3/t16-/m1/s1. The summed E-state index contributed by atoms with van der Waals surface area (Å²) in [5, 5.41) is 12.5. The van der Waals surface area contributed by atoms with E-state index in [-0.39, 0.29) is 17.4 Å². The lowest BCUT2D eigenvalue weighted by Crippen LogP contribution is -2.32. The zero-order chi connectivity index (χ0) is 19.6. The summed E-state index contributed by atoms with van der Waals surface area (Å²) in [6.45, 7) is 13.0. The predicted octanol–water partition coefficient (Wildman–Crippen LogP) is 3.48. The summed E-state index contributed by atoms with van der Waals surface area (Å²) in [7, 11) is 1.97. The van der Waals surface area contributed by atoms with E-state index in [0.717, 1.165) is 44.1 Å². The minimum atomic E-state index is 0.00173. The SMILES string of the molecule is CC(C)c1noc([C@H](NCc2cn(C)nc2C(C)(C)C)C2CCOCC2)n1. The number of aryl methyl sites for hydroxylation is 1. The Morgan fingerprint density at radius 1 is 1.26 bits per heavy atom. The Kier molecular flexibility index (Phi) is 6.01. The van der Waals surface area contributed by atoms with Crippen molar-refractivity contribution in [3.8, 4) is 0 Å². The van der Waals surface area contributed by atoms with Gasteiger partial charge in [-0.05, 0) is 18.8 Å².